The van der Waals surface area contributed by atoms with Gasteiger partial charge in [-0.25, -0.2) is 4.68 Å². The summed E-state index contributed by atoms with van der Waals surface area (Å²) in [7, 11) is 0. The molecule has 0 saturated carbocycles. The van der Waals surface area contributed by atoms with Gasteiger partial charge in [0.15, 0.2) is 0 Å². The second kappa shape index (κ2) is 6.18. The summed E-state index contributed by atoms with van der Waals surface area (Å²) in [5.74, 6) is 1.99. The van der Waals surface area contributed by atoms with E-state index in [1.54, 1.807) is 0 Å². The van der Waals surface area contributed by atoms with Gasteiger partial charge in [-0.15, -0.1) is 5.10 Å². The molecule has 1 N–H and O–H groups in total. The fraction of sp³-hybridized carbons (Fsp3) is 0.846. The number of aryl methyl sites for hydroxylation is 1. The molecule has 1 aliphatic heterocycles. The van der Waals surface area contributed by atoms with E-state index in [0.29, 0.717) is 6.04 Å². The third-order valence-corrected chi connectivity index (χ3v) is 3.65. The number of hydrogen-bond acceptors (Lipinski definition) is 4. The van der Waals surface area contributed by atoms with Crippen molar-refractivity contribution in [2.45, 2.75) is 46.2 Å². The van der Waals surface area contributed by atoms with Gasteiger partial charge in [-0.3, -0.25) is 0 Å². The molecular formula is C13H25N5. The molecule has 0 spiro atoms. The van der Waals surface area contributed by atoms with E-state index in [1.165, 1.54) is 18.7 Å². The minimum absolute atomic E-state index is 0.591. The van der Waals surface area contributed by atoms with Crippen molar-refractivity contribution in [1.29, 1.82) is 0 Å². The maximum atomic E-state index is 4.10. The van der Waals surface area contributed by atoms with Crippen LogP contribution in [0, 0.1) is 5.92 Å². The largest absolute Gasteiger partial charge is 0.355 e. The van der Waals surface area contributed by atoms with Crippen molar-refractivity contribution < 1.29 is 0 Å². The van der Waals surface area contributed by atoms with Crippen molar-refractivity contribution in [1.82, 2.24) is 20.3 Å². The van der Waals surface area contributed by atoms with Crippen molar-refractivity contribution in [3.05, 3.63) is 6.20 Å². The lowest BCUT2D eigenvalue weighted by atomic mass is 9.96. The van der Waals surface area contributed by atoms with Gasteiger partial charge < -0.3 is 10.2 Å². The molecule has 0 atom stereocenters. The Bertz CT molecular complexity index is 352. The maximum absolute atomic E-state index is 4.10. The first-order valence-electron chi connectivity index (χ1n) is 7.07. The van der Waals surface area contributed by atoms with Crippen LogP contribution in [0.1, 0.15) is 33.6 Å². The molecule has 0 radical (unpaired) electrons. The van der Waals surface area contributed by atoms with Gasteiger partial charge in [-0.05, 0) is 32.2 Å². The molecule has 1 aromatic heterocycles. The number of nitrogens with zero attached hydrogens (tertiary/aromatic N) is 4. The molecule has 5 heteroatoms. The molecule has 1 aromatic rings. The average Bonchev–Trinajstić information content (AvgIpc) is 2.85. The van der Waals surface area contributed by atoms with Crippen LogP contribution in [-0.4, -0.2) is 40.7 Å². The Labute approximate surface area is 110 Å². The molecule has 0 amide bonds. The Kier molecular flexibility index (Phi) is 4.58. The molecule has 0 unspecified atom stereocenters. The lowest BCUT2D eigenvalue weighted by Crippen LogP contribution is -2.39. The average molecular weight is 251 g/mol. The minimum Gasteiger partial charge on any atom is -0.355 e. The lowest BCUT2D eigenvalue weighted by Gasteiger charge is -2.33. The normalized spacial score (nSPS) is 17.7. The van der Waals surface area contributed by atoms with Crippen molar-refractivity contribution in [3.63, 3.8) is 0 Å². The Morgan fingerprint density at radius 1 is 1.39 bits per heavy atom. The molecule has 0 bridgehead atoms. The lowest BCUT2D eigenvalue weighted by molar-refractivity contribution is 0.367. The standard InChI is InChI=1S/C13H25N5/c1-4-18-13(10-15-16-18)17-7-5-12(6-8-17)9-14-11(2)3/h10-12,14H,4-9H2,1-3H3. The van der Waals surface area contributed by atoms with Crippen LogP contribution in [-0.2, 0) is 6.54 Å². The molecular weight excluding hydrogens is 226 g/mol. The summed E-state index contributed by atoms with van der Waals surface area (Å²) in [6.07, 6.45) is 4.40. The van der Waals surface area contributed by atoms with Crippen LogP contribution in [0.25, 0.3) is 0 Å². The Hall–Kier alpha value is -1.10. The van der Waals surface area contributed by atoms with E-state index >= 15 is 0 Å². The van der Waals surface area contributed by atoms with Gasteiger partial charge in [0.25, 0.3) is 0 Å². The summed E-state index contributed by atoms with van der Waals surface area (Å²) in [6, 6.07) is 0.591. The molecule has 1 fully saturated rings. The highest BCUT2D eigenvalue weighted by molar-refractivity contribution is 5.36. The van der Waals surface area contributed by atoms with E-state index in [9.17, 15) is 0 Å². The summed E-state index contributed by atoms with van der Waals surface area (Å²) in [4.78, 5) is 2.41. The highest BCUT2D eigenvalue weighted by Gasteiger charge is 2.21. The van der Waals surface area contributed by atoms with E-state index in [1.807, 2.05) is 10.9 Å². The van der Waals surface area contributed by atoms with Crippen LogP contribution in [0.3, 0.4) is 0 Å². The molecule has 18 heavy (non-hydrogen) atoms. The summed E-state index contributed by atoms with van der Waals surface area (Å²) < 4.78 is 1.98. The fourth-order valence-electron chi connectivity index (χ4n) is 2.49. The minimum atomic E-state index is 0.591. The third kappa shape index (κ3) is 3.22. The quantitative estimate of drug-likeness (QED) is 0.861. The number of nitrogens with one attached hydrogen (secondary N) is 1. The Balaban J connectivity index is 1.83. The number of hydrogen-bond donors (Lipinski definition) is 1. The SMILES string of the molecule is CCn1nncc1N1CCC(CNC(C)C)CC1. The first kappa shape index (κ1) is 13.3. The predicted octanol–water partition coefficient (Wildman–Crippen LogP) is 1.51. The van der Waals surface area contributed by atoms with Gasteiger partial charge in [0.05, 0.1) is 6.20 Å². The van der Waals surface area contributed by atoms with Crippen molar-refractivity contribution >= 4 is 5.82 Å². The first-order chi connectivity index (χ1) is 8.70. The van der Waals surface area contributed by atoms with Crippen LogP contribution in [0.2, 0.25) is 0 Å². The molecule has 102 valence electrons. The third-order valence-electron chi connectivity index (χ3n) is 3.65. The topological polar surface area (TPSA) is 46.0 Å². The zero-order valence-corrected chi connectivity index (χ0v) is 11.8. The van der Waals surface area contributed by atoms with Crippen molar-refractivity contribution in [3.8, 4) is 0 Å². The van der Waals surface area contributed by atoms with E-state index in [-0.39, 0.29) is 0 Å². The summed E-state index contributed by atoms with van der Waals surface area (Å²) >= 11 is 0. The van der Waals surface area contributed by atoms with Gasteiger partial charge in [0.1, 0.15) is 5.82 Å². The van der Waals surface area contributed by atoms with Crippen LogP contribution in [0.15, 0.2) is 6.20 Å². The number of piperidine rings is 1. The predicted molar refractivity (Wildman–Crippen MR) is 73.8 cm³/mol. The number of anilines is 1. The highest BCUT2D eigenvalue weighted by Crippen LogP contribution is 2.22. The summed E-state index contributed by atoms with van der Waals surface area (Å²) in [5.41, 5.74) is 0. The molecule has 0 aliphatic carbocycles. The molecule has 1 saturated heterocycles. The Morgan fingerprint density at radius 2 is 2.11 bits per heavy atom. The molecule has 1 aliphatic rings. The van der Waals surface area contributed by atoms with Crippen LogP contribution < -0.4 is 10.2 Å². The molecule has 2 rings (SSSR count). The van der Waals surface area contributed by atoms with E-state index in [0.717, 1.165) is 32.1 Å². The van der Waals surface area contributed by atoms with Gasteiger partial charge in [-0.2, -0.15) is 0 Å². The zero-order valence-electron chi connectivity index (χ0n) is 11.8. The van der Waals surface area contributed by atoms with Gasteiger partial charge in [0, 0.05) is 25.7 Å². The Morgan fingerprint density at radius 3 is 2.72 bits per heavy atom. The smallest absolute Gasteiger partial charge is 0.147 e. The van der Waals surface area contributed by atoms with E-state index in [2.05, 4.69) is 41.3 Å². The van der Waals surface area contributed by atoms with Gasteiger partial charge >= 0.3 is 0 Å². The monoisotopic (exact) mass is 251 g/mol. The van der Waals surface area contributed by atoms with E-state index in [4.69, 9.17) is 0 Å². The van der Waals surface area contributed by atoms with Gasteiger partial charge in [-0.1, -0.05) is 19.1 Å². The van der Waals surface area contributed by atoms with Crippen LogP contribution in [0.4, 0.5) is 5.82 Å². The van der Waals surface area contributed by atoms with Crippen LogP contribution in [0.5, 0.6) is 0 Å². The first-order valence-corrected chi connectivity index (χ1v) is 7.07. The molecule has 0 aromatic carbocycles. The second-order valence-corrected chi connectivity index (χ2v) is 5.40. The van der Waals surface area contributed by atoms with E-state index < -0.39 is 0 Å². The summed E-state index contributed by atoms with van der Waals surface area (Å²) in [6.45, 7) is 10.8. The molecule has 2 heterocycles. The highest BCUT2D eigenvalue weighted by atomic mass is 15.5. The fourth-order valence-corrected chi connectivity index (χ4v) is 2.49. The maximum Gasteiger partial charge on any atom is 0.147 e. The van der Waals surface area contributed by atoms with Crippen molar-refractivity contribution in [2.75, 3.05) is 24.5 Å². The number of rotatable bonds is 5. The zero-order chi connectivity index (χ0) is 13.0. The second-order valence-electron chi connectivity index (χ2n) is 5.40. The van der Waals surface area contributed by atoms with Crippen molar-refractivity contribution in [2.24, 2.45) is 5.92 Å². The van der Waals surface area contributed by atoms with Crippen LogP contribution >= 0.6 is 0 Å². The van der Waals surface area contributed by atoms with Gasteiger partial charge in [0.2, 0.25) is 0 Å². The summed E-state index contributed by atoms with van der Waals surface area (Å²) in [5, 5.41) is 11.6. The molecule has 5 nitrogen and oxygen atoms in total. The number of aromatic nitrogens is 3.